The summed E-state index contributed by atoms with van der Waals surface area (Å²) in [6, 6.07) is 21.5. The van der Waals surface area contributed by atoms with Gasteiger partial charge in [-0.1, -0.05) is 36.4 Å². The van der Waals surface area contributed by atoms with E-state index in [-0.39, 0.29) is 0 Å². The van der Waals surface area contributed by atoms with E-state index < -0.39 is 0 Å². The Labute approximate surface area is 200 Å². The Hall–Kier alpha value is -3.57. The summed E-state index contributed by atoms with van der Waals surface area (Å²) in [5.74, 6) is 0.917. The van der Waals surface area contributed by atoms with Gasteiger partial charge in [-0.05, 0) is 78.7 Å². The summed E-state index contributed by atoms with van der Waals surface area (Å²) in [7, 11) is 0. The van der Waals surface area contributed by atoms with Gasteiger partial charge < -0.3 is 14.5 Å². The molecule has 1 fully saturated rings. The van der Waals surface area contributed by atoms with Crippen molar-refractivity contribution in [2.75, 3.05) is 31.1 Å². The number of anilines is 1. The maximum Gasteiger partial charge on any atom is 0.119 e. The lowest BCUT2D eigenvalue weighted by Crippen LogP contribution is -2.24. The van der Waals surface area contributed by atoms with Crippen molar-refractivity contribution in [3.63, 3.8) is 0 Å². The number of aromatic nitrogens is 2. The zero-order valence-corrected chi connectivity index (χ0v) is 19.4. The first kappa shape index (κ1) is 21.0. The lowest BCUT2D eigenvalue weighted by Gasteiger charge is -2.23. The molecule has 0 atom stereocenters. The molecule has 0 saturated carbocycles. The summed E-state index contributed by atoms with van der Waals surface area (Å²) in [6.45, 7) is 5.85. The quantitative estimate of drug-likeness (QED) is 0.361. The average Bonchev–Trinajstić information content (AvgIpc) is 3.56. The Kier molecular flexibility index (Phi) is 5.78. The number of ether oxygens (including phenoxy) is 1. The van der Waals surface area contributed by atoms with Gasteiger partial charge in [0.15, 0.2) is 0 Å². The zero-order chi connectivity index (χ0) is 22.7. The van der Waals surface area contributed by atoms with Gasteiger partial charge in [0.2, 0.25) is 0 Å². The molecule has 2 aliphatic rings. The third-order valence-electron chi connectivity index (χ3n) is 6.91. The number of likely N-dealkylation sites (tertiary alicyclic amines) is 1. The Morgan fingerprint density at radius 2 is 1.74 bits per heavy atom. The molecule has 3 aromatic carbocycles. The molecule has 6 rings (SSSR count). The maximum atomic E-state index is 6.08. The molecule has 0 spiro atoms. The molecular weight excluding hydrogens is 420 g/mol. The van der Waals surface area contributed by atoms with E-state index in [4.69, 9.17) is 4.74 Å². The molecule has 0 bridgehead atoms. The Morgan fingerprint density at radius 3 is 2.59 bits per heavy atom. The van der Waals surface area contributed by atoms with Gasteiger partial charge in [0, 0.05) is 30.4 Å². The number of hydrogen-bond acceptors (Lipinski definition) is 4. The van der Waals surface area contributed by atoms with Crippen LogP contribution >= 0.6 is 0 Å². The minimum absolute atomic E-state index is 0.573. The SMILES string of the molecule is C1=CN(c2ccc3c(cnn3CCN3CCCC3)c2)CC=C1OCc1ccc2ccccc2c1. The number of allylic oxidation sites excluding steroid dienone is 1. The minimum atomic E-state index is 0.573. The van der Waals surface area contributed by atoms with Crippen LogP contribution in [-0.2, 0) is 17.9 Å². The summed E-state index contributed by atoms with van der Waals surface area (Å²) >= 11 is 0. The zero-order valence-electron chi connectivity index (χ0n) is 19.4. The van der Waals surface area contributed by atoms with Gasteiger partial charge >= 0.3 is 0 Å². The molecule has 5 heteroatoms. The molecule has 0 amide bonds. The van der Waals surface area contributed by atoms with Crippen LogP contribution in [0.3, 0.4) is 0 Å². The molecular formula is C29H30N4O. The van der Waals surface area contributed by atoms with Gasteiger partial charge in [-0.25, -0.2) is 0 Å². The minimum Gasteiger partial charge on any atom is -0.489 e. The number of benzene rings is 3. The highest BCUT2D eigenvalue weighted by Crippen LogP contribution is 2.25. The van der Waals surface area contributed by atoms with Gasteiger partial charge in [-0.2, -0.15) is 5.10 Å². The third kappa shape index (κ3) is 4.44. The second-order valence-electron chi connectivity index (χ2n) is 9.20. The lowest BCUT2D eigenvalue weighted by atomic mass is 10.1. The first-order valence-electron chi connectivity index (χ1n) is 12.3. The van der Waals surface area contributed by atoms with Crippen LogP contribution in [0.2, 0.25) is 0 Å². The van der Waals surface area contributed by atoms with Gasteiger partial charge in [-0.3, -0.25) is 4.68 Å². The lowest BCUT2D eigenvalue weighted by molar-refractivity contribution is 0.209. The van der Waals surface area contributed by atoms with Gasteiger partial charge in [0.25, 0.3) is 0 Å². The van der Waals surface area contributed by atoms with E-state index >= 15 is 0 Å². The van der Waals surface area contributed by atoms with Crippen molar-refractivity contribution in [1.82, 2.24) is 14.7 Å². The number of nitrogens with zero attached hydrogens (tertiary/aromatic N) is 4. The van der Waals surface area contributed by atoms with E-state index in [0.29, 0.717) is 6.61 Å². The number of fused-ring (bicyclic) bond motifs is 2. The molecule has 1 saturated heterocycles. The Balaban J connectivity index is 1.07. The molecule has 0 aliphatic carbocycles. The number of hydrogen-bond donors (Lipinski definition) is 0. The summed E-state index contributed by atoms with van der Waals surface area (Å²) in [4.78, 5) is 4.77. The normalized spacial score (nSPS) is 16.5. The molecule has 172 valence electrons. The predicted octanol–water partition coefficient (Wildman–Crippen LogP) is 5.72. The van der Waals surface area contributed by atoms with Crippen molar-refractivity contribution < 1.29 is 4.74 Å². The Morgan fingerprint density at radius 1 is 0.853 bits per heavy atom. The highest BCUT2D eigenvalue weighted by Gasteiger charge is 2.13. The van der Waals surface area contributed by atoms with Crippen molar-refractivity contribution >= 4 is 27.4 Å². The van der Waals surface area contributed by atoms with Crippen LogP contribution in [0, 0.1) is 0 Å². The smallest absolute Gasteiger partial charge is 0.119 e. The highest BCUT2D eigenvalue weighted by molar-refractivity contribution is 5.83. The van der Waals surface area contributed by atoms with E-state index in [9.17, 15) is 0 Å². The van der Waals surface area contributed by atoms with Crippen molar-refractivity contribution in [2.45, 2.75) is 26.0 Å². The van der Waals surface area contributed by atoms with Crippen molar-refractivity contribution in [3.05, 3.63) is 96.5 Å². The standard InChI is InChI=1S/C29H30N4O/c1-2-6-25-19-23(7-8-24(25)5-1)22-34-28-11-15-32(16-12-28)27-9-10-29-26(20-27)21-30-33(29)18-17-31-13-3-4-14-31/h1-2,5-12,15,19-21H,3-4,13-14,16-18,22H2. The topological polar surface area (TPSA) is 33.5 Å². The van der Waals surface area contributed by atoms with Crippen LogP contribution in [0.5, 0.6) is 0 Å². The fourth-order valence-corrected chi connectivity index (χ4v) is 4.95. The monoisotopic (exact) mass is 450 g/mol. The van der Waals surface area contributed by atoms with Crippen LogP contribution in [0.25, 0.3) is 21.7 Å². The van der Waals surface area contributed by atoms with Crippen molar-refractivity contribution in [3.8, 4) is 0 Å². The second-order valence-corrected chi connectivity index (χ2v) is 9.20. The molecule has 0 N–H and O–H groups in total. The molecule has 0 radical (unpaired) electrons. The Bertz CT molecular complexity index is 1360. The van der Waals surface area contributed by atoms with Crippen LogP contribution < -0.4 is 4.90 Å². The van der Waals surface area contributed by atoms with Gasteiger partial charge in [-0.15, -0.1) is 0 Å². The van der Waals surface area contributed by atoms with Crippen LogP contribution in [0.15, 0.2) is 91.0 Å². The van der Waals surface area contributed by atoms with Crippen molar-refractivity contribution in [1.29, 1.82) is 0 Å². The first-order valence-corrected chi connectivity index (χ1v) is 12.3. The van der Waals surface area contributed by atoms with Gasteiger partial charge in [0.1, 0.15) is 12.4 Å². The molecule has 5 nitrogen and oxygen atoms in total. The fraction of sp³-hybridized carbons (Fsp3) is 0.276. The largest absolute Gasteiger partial charge is 0.489 e. The second kappa shape index (κ2) is 9.35. The molecule has 3 heterocycles. The fourth-order valence-electron chi connectivity index (χ4n) is 4.95. The van der Waals surface area contributed by atoms with E-state index in [1.54, 1.807) is 0 Å². The first-order chi connectivity index (χ1) is 16.8. The van der Waals surface area contributed by atoms with E-state index in [1.807, 2.05) is 12.3 Å². The van der Waals surface area contributed by atoms with Crippen LogP contribution in [0.4, 0.5) is 5.69 Å². The highest BCUT2D eigenvalue weighted by atomic mass is 16.5. The maximum absolute atomic E-state index is 6.08. The molecule has 2 aliphatic heterocycles. The predicted molar refractivity (Wildman–Crippen MR) is 139 cm³/mol. The average molecular weight is 451 g/mol. The number of rotatable bonds is 7. The van der Waals surface area contributed by atoms with Crippen LogP contribution in [0.1, 0.15) is 18.4 Å². The van der Waals surface area contributed by atoms with Crippen molar-refractivity contribution in [2.24, 2.45) is 0 Å². The summed E-state index contributed by atoms with van der Waals surface area (Å²) < 4.78 is 8.22. The summed E-state index contributed by atoms with van der Waals surface area (Å²) in [6.07, 6.45) is 11.0. The third-order valence-corrected chi connectivity index (χ3v) is 6.91. The molecule has 0 unspecified atom stereocenters. The molecule has 34 heavy (non-hydrogen) atoms. The van der Waals surface area contributed by atoms with Gasteiger partial charge in [0.05, 0.1) is 18.3 Å². The molecule has 4 aromatic rings. The summed E-state index contributed by atoms with van der Waals surface area (Å²) in [5.41, 5.74) is 3.56. The van der Waals surface area contributed by atoms with E-state index in [2.05, 4.69) is 92.5 Å². The van der Waals surface area contributed by atoms with E-state index in [1.165, 1.54) is 58.9 Å². The van der Waals surface area contributed by atoms with E-state index in [0.717, 1.165) is 25.4 Å². The van der Waals surface area contributed by atoms with Crippen LogP contribution in [-0.4, -0.2) is 40.9 Å². The summed E-state index contributed by atoms with van der Waals surface area (Å²) in [5, 5.41) is 8.34. The molecule has 1 aromatic heterocycles.